The number of hydrogen-bond acceptors (Lipinski definition) is 9. The number of carbonyl (C=O) groups is 2. The number of benzene rings is 2. The molecule has 0 saturated carbocycles. The number of aliphatic hydroxyl groups is 1. The van der Waals surface area contributed by atoms with E-state index in [-0.39, 0.29) is 18.3 Å². The highest BCUT2D eigenvalue weighted by atomic mass is 35.5. The summed E-state index contributed by atoms with van der Waals surface area (Å²) in [6.07, 6.45) is 4.07. The lowest BCUT2D eigenvalue weighted by Gasteiger charge is -2.25. The van der Waals surface area contributed by atoms with Gasteiger partial charge in [-0.15, -0.1) is 0 Å². The first-order valence-corrected chi connectivity index (χ1v) is 16.3. The number of pyridine rings is 2. The summed E-state index contributed by atoms with van der Waals surface area (Å²) in [7, 11) is 0. The average Bonchev–Trinajstić information content (AvgIpc) is 3.68. The van der Waals surface area contributed by atoms with Crippen molar-refractivity contribution in [2.24, 2.45) is 0 Å². The molecule has 0 bridgehead atoms. The van der Waals surface area contributed by atoms with Crippen molar-refractivity contribution in [2.45, 2.75) is 32.2 Å². The summed E-state index contributed by atoms with van der Waals surface area (Å²) in [5, 5.41) is 31.3. The Bertz CT molecular complexity index is 2040. The van der Waals surface area contributed by atoms with Gasteiger partial charge in [-0.25, -0.2) is 4.98 Å². The number of rotatable bonds is 9. The standard InChI is InChI=1S/C34H32Cl2N8O4/c35-30-24(3-1-5-26(30)39-33-32-21(7-9-37-33)13-20(15-38-32)16-42-10-8-23(45)18-42)25-4-2-6-27(31(25)36)40-34(48)28-14-22-17-43(19-29(46)47)11-12-44(22)41-28/h1-7,9,13-15,23,45H,8,10-12,16-19H2,(H,37,39)(H,40,48)(H,46,47)/t23-/m1/s1. The van der Waals surface area contributed by atoms with E-state index in [1.54, 1.807) is 34.0 Å². The van der Waals surface area contributed by atoms with Crippen LogP contribution >= 0.6 is 23.2 Å². The SMILES string of the molecule is O=C(O)CN1CCn2nc(C(=O)Nc3cccc(-c4cccc(Nc5nccc6cc(CN7CC[C@@H](O)C7)cnc56)c4Cl)c3Cl)cc2C1. The molecule has 0 aliphatic carbocycles. The van der Waals surface area contributed by atoms with Crippen molar-refractivity contribution in [3.05, 3.63) is 94.0 Å². The molecule has 1 saturated heterocycles. The largest absolute Gasteiger partial charge is 0.480 e. The molecule has 3 aromatic heterocycles. The van der Waals surface area contributed by atoms with Gasteiger partial charge in [0, 0.05) is 61.6 Å². The Labute approximate surface area is 285 Å². The van der Waals surface area contributed by atoms with Crippen molar-refractivity contribution >= 4 is 63.2 Å². The van der Waals surface area contributed by atoms with Crippen molar-refractivity contribution in [3.8, 4) is 11.1 Å². The highest BCUT2D eigenvalue weighted by molar-refractivity contribution is 6.39. The van der Waals surface area contributed by atoms with Crippen molar-refractivity contribution < 1.29 is 19.8 Å². The molecule has 0 unspecified atom stereocenters. The Balaban J connectivity index is 1.09. The summed E-state index contributed by atoms with van der Waals surface area (Å²) in [5.74, 6) is -0.780. The summed E-state index contributed by atoms with van der Waals surface area (Å²) < 4.78 is 1.73. The molecule has 4 N–H and O–H groups in total. The number of carboxylic acid groups (broad SMARTS) is 1. The third-order valence-corrected chi connectivity index (χ3v) is 9.38. The van der Waals surface area contributed by atoms with Crippen LogP contribution in [0.4, 0.5) is 17.2 Å². The molecular formula is C34H32Cl2N8O4. The Hall–Kier alpha value is -4.59. The minimum Gasteiger partial charge on any atom is -0.480 e. The number of hydrogen-bond donors (Lipinski definition) is 4. The molecule has 1 atom stereocenters. The van der Waals surface area contributed by atoms with Gasteiger partial charge in [-0.1, -0.05) is 47.5 Å². The molecule has 48 heavy (non-hydrogen) atoms. The Morgan fingerprint density at radius 3 is 2.46 bits per heavy atom. The maximum absolute atomic E-state index is 13.2. The zero-order chi connectivity index (χ0) is 33.4. The lowest BCUT2D eigenvalue weighted by atomic mass is 10.0. The van der Waals surface area contributed by atoms with E-state index in [1.807, 2.05) is 36.5 Å². The summed E-state index contributed by atoms with van der Waals surface area (Å²) in [4.78, 5) is 37.6. The summed E-state index contributed by atoms with van der Waals surface area (Å²) in [5.41, 5.74) is 5.02. The van der Waals surface area contributed by atoms with Crippen LogP contribution < -0.4 is 10.6 Å². The predicted octanol–water partition coefficient (Wildman–Crippen LogP) is 5.26. The van der Waals surface area contributed by atoms with Gasteiger partial charge in [-0.3, -0.25) is 29.1 Å². The van der Waals surface area contributed by atoms with E-state index in [0.29, 0.717) is 70.1 Å². The maximum atomic E-state index is 13.2. The average molecular weight is 688 g/mol. The zero-order valence-electron chi connectivity index (χ0n) is 25.7. The molecule has 0 spiro atoms. The van der Waals surface area contributed by atoms with Crippen molar-refractivity contribution in [1.82, 2.24) is 29.5 Å². The first-order valence-electron chi connectivity index (χ1n) is 15.5. The summed E-state index contributed by atoms with van der Waals surface area (Å²) in [6, 6.07) is 16.5. The van der Waals surface area contributed by atoms with Gasteiger partial charge in [0.05, 0.1) is 46.3 Å². The Morgan fingerprint density at radius 2 is 1.71 bits per heavy atom. The van der Waals surface area contributed by atoms with Crippen LogP contribution in [0.1, 0.15) is 28.2 Å². The Morgan fingerprint density at radius 1 is 0.938 bits per heavy atom. The van der Waals surface area contributed by atoms with Crippen molar-refractivity contribution in [2.75, 3.05) is 36.8 Å². The number of β-amino-alcohol motifs (C(OH)–C–C–N with tert-alkyl or cyclic N) is 1. The first-order chi connectivity index (χ1) is 23.2. The second-order valence-electron chi connectivity index (χ2n) is 12.0. The number of amides is 1. The monoisotopic (exact) mass is 686 g/mol. The number of nitrogens with one attached hydrogen (secondary N) is 2. The molecule has 12 nitrogen and oxygen atoms in total. The summed E-state index contributed by atoms with van der Waals surface area (Å²) >= 11 is 13.8. The highest BCUT2D eigenvalue weighted by Crippen LogP contribution is 2.41. The number of halogens is 2. The highest BCUT2D eigenvalue weighted by Gasteiger charge is 2.24. The van der Waals surface area contributed by atoms with E-state index in [4.69, 9.17) is 33.3 Å². The van der Waals surface area contributed by atoms with Crippen LogP contribution in [-0.4, -0.2) is 83.9 Å². The van der Waals surface area contributed by atoms with E-state index >= 15 is 0 Å². The fourth-order valence-corrected chi connectivity index (χ4v) is 6.79. The molecule has 0 radical (unpaired) electrons. The molecule has 2 aliphatic heterocycles. The normalized spacial score (nSPS) is 16.6. The van der Waals surface area contributed by atoms with Crippen LogP contribution in [-0.2, 0) is 24.4 Å². The fraction of sp³-hybridized carbons (Fsp3) is 0.265. The molecular weight excluding hydrogens is 655 g/mol. The number of anilines is 3. The second-order valence-corrected chi connectivity index (χ2v) is 12.8. The van der Waals surface area contributed by atoms with Crippen molar-refractivity contribution in [1.29, 1.82) is 0 Å². The Kier molecular flexibility index (Phi) is 8.99. The van der Waals surface area contributed by atoms with Crippen LogP contribution in [0.25, 0.3) is 22.0 Å². The van der Waals surface area contributed by atoms with Gasteiger partial charge in [-0.2, -0.15) is 5.10 Å². The summed E-state index contributed by atoms with van der Waals surface area (Å²) in [6.45, 7) is 3.58. The van der Waals surface area contributed by atoms with Gasteiger partial charge in [-0.05, 0) is 42.3 Å². The molecule has 1 fully saturated rings. The van der Waals surface area contributed by atoms with Gasteiger partial charge in [0.15, 0.2) is 11.5 Å². The van der Waals surface area contributed by atoms with Gasteiger partial charge >= 0.3 is 5.97 Å². The third kappa shape index (κ3) is 6.71. The predicted molar refractivity (Wildman–Crippen MR) is 184 cm³/mol. The smallest absolute Gasteiger partial charge is 0.317 e. The third-order valence-electron chi connectivity index (χ3n) is 8.57. The van der Waals surface area contributed by atoms with Crippen LogP contribution in [0.5, 0.6) is 0 Å². The van der Waals surface area contributed by atoms with Gasteiger partial charge < -0.3 is 20.8 Å². The van der Waals surface area contributed by atoms with Crippen LogP contribution in [0.2, 0.25) is 10.0 Å². The lowest BCUT2D eigenvalue weighted by Crippen LogP contribution is -2.37. The van der Waals surface area contributed by atoms with Crippen LogP contribution in [0.3, 0.4) is 0 Å². The fourth-order valence-electron chi connectivity index (χ4n) is 6.24. The molecule has 7 rings (SSSR count). The minimum absolute atomic E-state index is 0.0729. The molecule has 14 heteroatoms. The van der Waals surface area contributed by atoms with Crippen molar-refractivity contribution in [3.63, 3.8) is 0 Å². The number of aliphatic hydroxyl groups excluding tert-OH is 1. The van der Waals surface area contributed by atoms with Crippen LogP contribution in [0.15, 0.2) is 67.0 Å². The molecule has 5 aromatic rings. The first kappa shape index (κ1) is 32.0. The maximum Gasteiger partial charge on any atom is 0.317 e. The van der Waals surface area contributed by atoms with E-state index in [2.05, 4.69) is 31.7 Å². The number of aliphatic carboxylic acids is 1. The quantitative estimate of drug-likeness (QED) is 0.162. The number of carboxylic acids is 1. The topological polar surface area (TPSA) is 149 Å². The molecule has 5 heterocycles. The van der Waals surface area contributed by atoms with E-state index in [9.17, 15) is 14.7 Å². The van der Waals surface area contributed by atoms with E-state index in [0.717, 1.165) is 36.2 Å². The molecule has 2 aromatic carbocycles. The number of likely N-dealkylation sites (tertiary alicyclic amines) is 1. The number of carbonyl (C=O) groups excluding carboxylic acids is 1. The number of nitrogens with zero attached hydrogens (tertiary/aromatic N) is 6. The van der Waals surface area contributed by atoms with Gasteiger partial charge in [0.1, 0.15) is 5.52 Å². The minimum atomic E-state index is -0.899. The number of aromatic nitrogens is 4. The van der Waals surface area contributed by atoms with Gasteiger partial charge in [0.2, 0.25) is 0 Å². The van der Waals surface area contributed by atoms with E-state index < -0.39 is 11.9 Å². The number of fused-ring (bicyclic) bond motifs is 2. The molecule has 246 valence electrons. The molecule has 2 aliphatic rings. The van der Waals surface area contributed by atoms with Crippen LogP contribution in [0, 0.1) is 0 Å². The van der Waals surface area contributed by atoms with Gasteiger partial charge in [0.25, 0.3) is 5.91 Å². The second kappa shape index (κ2) is 13.5. The lowest BCUT2D eigenvalue weighted by molar-refractivity contribution is -0.138. The zero-order valence-corrected chi connectivity index (χ0v) is 27.2. The van der Waals surface area contributed by atoms with E-state index in [1.165, 1.54) is 0 Å². The molecule has 1 amide bonds.